The van der Waals surface area contributed by atoms with Gasteiger partial charge in [0.15, 0.2) is 0 Å². The van der Waals surface area contributed by atoms with Gasteiger partial charge in [-0.05, 0) is 17.7 Å². The molecule has 0 saturated carbocycles. The molecule has 0 aliphatic heterocycles. The van der Waals surface area contributed by atoms with Gasteiger partial charge in [-0.3, -0.25) is 4.98 Å². The smallest absolute Gasteiger partial charge is 0.0853 e. The van der Waals surface area contributed by atoms with Crippen LogP contribution in [0, 0.1) is 0 Å². The molecule has 0 bridgehead atoms. The van der Waals surface area contributed by atoms with Crippen LogP contribution in [0.15, 0.2) is 18.3 Å². The Hall–Kier alpha value is -0.970. The highest BCUT2D eigenvalue weighted by atomic mass is 16.5. The quantitative estimate of drug-likeness (QED) is 0.641. The molecule has 0 aliphatic rings. The van der Waals surface area contributed by atoms with Crippen molar-refractivity contribution >= 4 is 0 Å². The molecule has 12 heavy (non-hydrogen) atoms. The summed E-state index contributed by atoms with van der Waals surface area (Å²) in [5.74, 6) is 0. The van der Waals surface area contributed by atoms with E-state index in [-0.39, 0.29) is 6.61 Å². The molecule has 1 aromatic heterocycles. The van der Waals surface area contributed by atoms with Gasteiger partial charge in [-0.15, -0.1) is 0 Å². The molecule has 0 aliphatic carbocycles. The number of hydroxylamine groups is 2. The third kappa shape index (κ3) is 2.58. The summed E-state index contributed by atoms with van der Waals surface area (Å²) in [6.07, 6.45) is 1.62. The van der Waals surface area contributed by atoms with Crippen LogP contribution in [0.4, 0.5) is 0 Å². The van der Waals surface area contributed by atoms with Crippen LogP contribution in [-0.2, 0) is 13.2 Å². The Morgan fingerprint density at radius 3 is 2.92 bits per heavy atom. The minimum atomic E-state index is -0.0665. The van der Waals surface area contributed by atoms with E-state index in [1.807, 2.05) is 0 Å². The van der Waals surface area contributed by atoms with Gasteiger partial charge in [0.25, 0.3) is 0 Å². The highest BCUT2D eigenvalue weighted by Gasteiger charge is 1.97. The minimum absolute atomic E-state index is 0.0665. The van der Waals surface area contributed by atoms with E-state index in [9.17, 15) is 0 Å². The largest absolute Gasteiger partial charge is 0.390 e. The molecule has 0 amide bonds. The Balaban J connectivity index is 2.72. The summed E-state index contributed by atoms with van der Waals surface area (Å²) in [6, 6.07) is 3.55. The van der Waals surface area contributed by atoms with E-state index in [2.05, 4.69) is 4.98 Å². The number of pyridine rings is 1. The molecule has 66 valence electrons. The highest BCUT2D eigenvalue weighted by Crippen LogP contribution is 2.03. The van der Waals surface area contributed by atoms with Crippen molar-refractivity contribution < 1.29 is 10.3 Å². The van der Waals surface area contributed by atoms with E-state index in [1.54, 1.807) is 25.4 Å². The zero-order valence-corrected chi connectivity index (χ0v) is 6.94. The van der Waals surface area contributed by atoms with E-state index in [0.717, 1.165) is 10.6 Å². The normalized spacial score (nSPS) is 10.7. The monoisotopic (exact) mass is 168 g/mol. The second-order valence-electron chi connectivity index (χ2n) is 2.63. The lowest BCUT2D eigenvalue weighted by atomic mass is 10.2. The Morgan fingerprint density at radius 2 is 2.33 bits per heavy atom. The van der Waals surface area contributed by atoms with Gasteiger partial charge in [0.05, 0.1) is 12.3 Å². The lowest BCUT2D eigenvalue weighted by Gasteiger charge is -2.07. The summed E-state index contributed by atoms with van der Waals surface area (Å²) in [4.78, 5) is 3.92. The zero-order chi connectivity index (χ0) is 8.97. The predicted octanol–water partition coefficient (Wildman–Crippen LogP) is 0.395. The number of nitrogens with zero attached hydrogens (tertiary/aromatic N) is 2. The first-order valence-corrected chi connectivity index (χ1v) is 3.67. The number of hydrogen-bond donors (Lipinski definition) is 2. The van der Waals surface area contributed by atoms with E-state index < -0.39 is 0 Å². The Morgan fingerprint density at radius 1 is 1.58 bits per heavy atom. The molecule has 0 radical (unpaired) electrons. The number of hydrogen-bond acceptors (Lipinski definition) is 4. The van der Waals surface area contributed by atoms with Gasteiger partial charge in [0, 0.05) is 19.8 Å². The summed E-state index contributed by atoms with van der Waals surface area (Å²) in [6.45, 7) is 0.374. The Labute approximate surface area is 71.0 Å². The molecule has 1 rings (SSSR count). The summed E-state index contributed by atoms with van der Waals surface area (Å²) >= 11 is 0. The van der Waals surface area contributed by atoms with E-state index in [1.165, 1.54) is 0 Å². The van der Waals surface area contributed by atoms with Crippen LogP contribution in [0.25, 0.3) is 0 Å². The van der Waals surface area contributed by atoms with Gasteiger partial charge in [-0.25, -0.2) is 0 Å². The van der Waals surface area contributed by atoms with Crippen molar-refractivity contribution in [2.24, 2.45) is 0 Å². The van der Waals surface area contributed by atoms with Crippen LogP contribution < -0.4 is 0 Å². The summed E-state index contributed by atoms with van der Waals surface area (Å²) < 4.78 is 0. The zero-order valence-electron chi connectivity index (χ0n) is 6.94. The first kappa shape index (κ1) is 9.12. The standard InChI is InChI=1S/C8H12N2O2/c1-10(12)5-7-2-3-9-8(4-7)6-11/h2-4,11-12H,5-6H2,1H3. The van der Waals surface area contributed by atoms with Gasteiger partial charge in [-0.1, -0.05) is 0 Å². The second-order valence-corrected chi connectivity index (χ2v) is 2.63. The minimum Gasteiger partial charge on any atom is -0.390 e. The van der Waals surface area contributed by atoms with Crippen LogP contribution in [0.2, 0.25) is 0 Å². The lowest BCUT2D eigenvalue weighted by Crippen LogP contribution is -2.11. The van der Waals surface area contributed by atoms with Crippen molar-refractivity contribution in [3.05, 3.63) is 29.6 Å². The Bertz CT molecular complexity index is 251. The fourth-order valence-corrected chi connectivity index (χ4v) is 0.977. The van der Waals surface area contributed by atoms with Crippen molar-refractivity contribution in [3.8, 4) is 0 Å². The average Bonchev–Trinajstić information content (AvgIpc) is 2.03. The molecule has 0 aromatic carbocycles. The maximum absolute atomic E-state index is 8.92. The fraction of sp³-hybridized carbons (Fsp3) is 0.375. The number of aromatic nitrogens is 1. The number of aliphatic hydroxyl groups is 1. The Kier molecular flexibility index (Phi) is 3.16. The SMILES string of the molecule is CN(O)Cc1ccnc(CO)c1. The van der Waals surface area contributed by atoms with E-state index in [4.69, 9.17) is 10.3 Å². The topological polar surface area (TPSA) is 56.6 Å². The van der Waals surface area contributed by atoms with Crippen molar-refractivity contribution in [2.45, 2.75) is 13.2 Å². The molecule has 1 heterocycles. The van der Waals surface area contributed by atoms with Crippen LogP contribution in [0.1, 0.15) is 11.3 Å². The van der Waals surface area contributed by atoms with Gasteiger partial charge in [0.2, 0.25) is 0 Å². The fourth-order valence-electron chi connectivity index (χ4n) is 0.977. The average molecular weight is 168 g/mol. The van der Waals surface area contributed by atoms with Gasteiger partial charge in [-0.2, -0.15) is 5.06 Å². The van der Waals surface area contributed by atoms with Gasteiger partial charge < -0.3 is 10.3 Å². The van der Waals surface area contributed by atoms with Gasteiger partial charge in [0.1, 0.15) is 0 Å². The van der Waals surface area contributed by atoms with Crippen LogP contribution in [-0.4, -0.2) is 27.4 Å². The molecule has 4 heteroatoms. The molecule has 1 aromatic rings. The van der Waals surface area contributed by atoms with E-state index >= 15 is 0 Å². The molecule has 0 fully saturated rings. The second kappa shape index (κ2) is 4.15. The molecule has 0 spiro atoms. The summed E-state index contributed by atoms with van der Waals surface area (Å²) in [5, 5.41) is 18.8. The van der Waals surface area contributed by atoms with Crippen LogP contribution in [0.5, 0.6) is 0 Å². The third-order valence-electron chi connectivity index (χ3n) is 1.45. The van der Waals surface area contributed by atoms with Crippen molar-refractivity contribution in [1.29, 1.82) is 0 Å². The predicted molar refractivity (Wildman–Crippen MR) is 43.4 cm³/mol. The lowest BCUT2D eigenvalue weighted by molar-refractivity contribution is -0.0731. The molecule has 2 N–H and O–H groups in total. The number of rotatable bonds is 3. The van der Waals surface area contributed by atoms with Crippen LogP contribution in [0.3, 0.4) is 0 Å². The van der Waals surface area contributed by atoms with Crippen molar-refractivity contribution in [1.82, 2.24) is 10.0 Å². The van der Waals surface area contributed by atoms with Gasteiger partial charge >= 0.3 is 0 Å². The van der Waals surface area contributed by atoms with Crippen molar-refractivity contribution in [3.63, 3.8) is 0 Å². The molecule has 0 atom stereocenters. The molecule has 4 nitrogen and oxygen atoms in total. The maximum Gasteiger partial charge on any atom is 0.0853 e. The van der Waals surface area contributed by atoms with Crippen LogP contribution >= 0.6 is 0 Å². The third-order valence-corrected chi connectivity index (χ3v) is 1.45. The first-order valence-electron chi connectivity index (χ1n) is 3.67. The molecular weight excluding hydrogens is 156 g/mol. The summed E-state index contributed by atoms with van der Waals surface area (Å²) in [7, 11) is 1.57. The van der Waals surface area contributed by atoms with E-state index in [0.29, 0.717) is 12.2 Å². The molecule has 0 unspecified atom stereocenters. The number of aliphatic hydroxyl groups excluding tert-OH is 1. The highest BCUT2D eigenvalue weighted by molar-refractivity contribution is 5.15. The summed E-state index contributed by atoms with van der Waals surface area (Å²) in [5.41, 5.74) is 1.55. The molecular formula is C8H12N2O2. The maximum atomic E-state index is 8.92. The van der Waals surface area contributed by atoms with Crippen molar-refractivity contribution in [2.75, 3.05) is 7.05 Å². The molecule has 0 saturated heterocycles. The first-order chi connectivity index (χ1) is 5.72.